The number of hydrogen-bond donors (Lipinski definition) is 8. The van der Waals surface area contributed by atoms with Crippen molar-refractivity contribution < 1.29 is 103 Å². The molecule has 17 rings (SSSR count). The Bertz CT molecular complexity index is 6970. The molecule has 0 saturated carbocycles. The van der Waals surface area contributed by atoms with E-state index in [1.807, 2.05) is 121 Å². The molecule has 0 amide bonds. The molecule has 0 spiro atoms. The molecule has 15 aromatic carbocycles. The first-order chi connectivity index (χ1) is 64.1. The highest BCUT2D eigenvalue weighted by molar-refractivity contribution is 6.15. The molecule has 2 aliphatic heterocycles. The first kappa shape index (κ1) is 101. The van der Waals surface area contributed by atoms with Crippen LogP contribution in [0.15, 0.2) is 379 Å². The second kappa shape index (κ2) is 49.9. The molecular formula is C113H98O21. The lowest BCUT2D eigenvalue weighted by atomic mass is 10.0. The fourth-order valence-corrected chi connectivity index (χ4v) is 12.0. The van der Waals surface area contributed by atoms with Crippen LogP contribution in [0.1, 0.15) is 103 Å². The number of benzene rings is 15. The highest BCUT2D eigenvalue weighted by Gasteiger charge is 2.29. The molecule has 0 aromatic heterocycles. The summed E-state index contributed by atoms with van der Waals surface area (Å²) in [7, 11) is 0. The maximum atomic E-state index is 11.3. The van der Waals surface area contributed by atoms with Crippen molar-refractivity contribution in [1.29, 1.82) is 0 Å². The summed E-state index contributed by atoms with van der Waals surface area (Å²) in [5.74, 6) is -0.0793. The van der Waals surface area contributed by atoms with Crippen molar-refractivity contribution in [2.45, 2.75) is 40.9 Å². The van der Waals surface area contributed by atoms with Gasteiger partial charge >= 0.3 is 41.8 Å². The van der Waals surface area contributed by atoms with Crippen LogP contribution in [0.2, 0.25) is 0 Å². The number of hydrogen-bond acceptors (Lipinski definition) is 21. The molecule has 0 fully saturated rings. The molecule has 8 N–H and O–H groups in total. The molecule has 2 heterocycles. The number of fused-ring (bicyclic) bond motifs is 7. The average molecular weight is 1790 g/mol. The highest BCUT2D eigenvalue weighted by Crippen LogP contribution is 2.33. The average Bonchev–Trinajstić information content (AvgIpc) is 1.79. The van der Waals surface area contributed by atoms with E-state index in [0.29, 0.717) is 80.1 Å². The number of carbonyl (C=O) groups is 7. The van der Waals surface area contributed by atoms with Crippen LogP contribution in [-0.4, -0.2) is 82.6 Å². The fraction of sp³-hybridized carbons (Fsp3) is 0.0531. The quantitative estimate of drug-likeness (QED) is 0.0155. The summed E-state index contributed by atoms with van der Waals surface area (Å²) in [6.07, 6.45) is 10.4. The van der Waals surface area contributed by atoms with E-state index in [-0.39, 0.29) is 41.3 Å². The highest BCUT2D eigenvalue weighted by atomic mass is 16.6. The largest absolute Gasteiger partial charge is 0.508 e. The van der Waals surface area contributed by atoms with E-state index in [0.717, 1.165) is 98.4 Å². The molecule has 21 nitrogen and oxygen atoms in total. The Balaban J connectivity index is 0.000000184. The molecule has 15 aromatic rings. The Labute approximate surface area is 775 Å². The molecule has 0 radical (unpaired) electrons. The number of phenols is 8. The second-order valence-corrected chi connectivity index (χ2v) is 29.4. The zero-order chi connectivity index (χ0) is 97.7. The number of carbonyl (C=O) groups excluding carboxylic acids is 7. The number of aromatic hydroxyl groups is 8. The second-order valence-electron chi connectivity index (χ2n) is 29.4. The lowest BCUT2D eigenvalue weighted by Gasteiger charge is -2.09. The van der Waals surface area contributed by atoms with Crippen LogP contribution in [0, 0.1) is 0 Å². The van der Waals surface area contributed by atoms with Gasteiger partial charge in [0, 0.05) is 44.7 Å². The van der Waals surface area contributed by atoms with E-state index < -0.39 is 35.8 Å². The lowest BCUT2D eigenvalue weighted by Crippen LogP contribution is -2.07. The van der Waals surface area contributed by atoms with Gasteiger partial charge in [-0.1, -0.05) is 254 Å². The Morgan fingerprint density at radius 1 is 0.306 bits per heavy atom. The summed E-state index contributed by atoms with van der Waals surface area (Å²) in [6, 6.07) is 84.3. The minimum Gasteiger partial charge on any atom is -0.508 e. The van der Waals surface area contributed by atoms with Crippen LogP contribution >= 0.6 is 0 Å². The molecule has 0 atom stereocenters. The predicted octanol–water partition coefficient (Wildman–Crippen LogP) is 25.2. The third-order valence-electron chi connectivity index (χ3n) is 19.1. The third kappa shape index (κ3) is 30.6. The minimum absolute atomic E-state index is 0.0621. The van der Waals surface area contributed by atoms with E-state index >= 15 is 0 Å². The summed E-state index contributed by atoms with van der Waals surface area (Å²) >= 11 is 0. The van der Waals surface area contributed by atoms with Crippen molar-refractivity contribution in [2.24, 2.45) is 0 Å². The number of esters is 7. The van der Waals surface area contributed by atoms with E-state index in [4.69, 9.17) is 39.0 Å². The standard InChI is InChI=1S/C15H14O3.2C14H12O3.2C12H10O.C10H6O3.C10H10O3.C10H8O2.2C8H8O/c1-10(2)15(17)18-9-11-7-8-14(16)13-6-4-3-5-12(11)13;1-9(2)14(16)17-13-6-4-10-7-12(15)5-3-11(10)8-13;1-9(2)14(16)17-13-6-4-10-3-5-12(15)7-11(10)8-13;1-2-9-5-3-7-11-10(9)6-4-8-12(11)13;1-2-9-3-4-11-8-12(13)6-5-10(11)7-9;1-2-6-3-4-7-8(5-6)10(12)13-9(7)11;1-7(2)10(12)13-9-5-3-4-8(11)6-9;1-2-7-3-4-8-6-12-10(11)9(8)5-7;1-2-7-3-5-8(9)6-4-7;1-2-7-4-3-5-8(9)6-7/h3-8,16H,1,9H2,2H3;2*3-8,15H,1H2,2H3;2*2-8,13H,1H2;2-5H,1H2;3-6,11H,1H2,2H3;2-5H,1,6H2;2*2-6,9H,1H2. The molecule has 676 valence electrons. The van der Waals surface area contributed by atoms with Gasteiger partial charge < -0.3 is 69.3 Å². The smallest absolute Gasteiger partial charge is 0.346 e. The molecule has 2 aliphatic rings. The predicted molar refractivity (Wildman–Crippen MR) is 531 cm³/mol. The van der Waals surface area contributed by atoms with Crippen molar-refractivity contribution in [3.8, 4) is 63.2 Å². The zero-order valence-electron chi connectivity index (χ0n) is 74.0. The van der Waals surface area contributed by atoms with E-state index in [2.05, 4.69) is 70.5 Å². The van der Waals surface area contributed by atoms with Gasteiger partial charge in [0.25, 0.3) is 0 Å². The third-order valence-corrected chi connectivity index (χ3v) is 19.1. The summed E-state index contributed by atoms with van der Waals surface area (Å²) in [6.45, 7) is 42.7. The normalized spacial score (nSPS) is 10.6. The van der Waals surface area contributed by atoms with Gasteiger partial charge in [0.1, 0.15) is 76.5 Å². The molecule has 0 unspecified atom stereocenters. The Morgan fingerprint density at radius 3 is 1.25 bits per heavy atom. The summed E-state index contributed by atoms with van der Waals surface area (Å²) in [5, 5.41) is 83.3. The van der Waals surface area contributed by atoms with Crippen molar-refractivity contribution in [3.63, 3.8) is 0 Å². The van der Waals surface area contributed by atoms with Crippen LogP contribution in [0.4, 0.5) is 0 Å². The molecule has 0 saturated heterocycles. The van der Waals surface area contributed by atoms with Crippen LogP contribution in [0.5, 0.6) is 63.2 Å². The van der Waals surface area contributed by atoms with Gasteiger partial charge in [0.15, 0.2) is 0 Å². The maximum absolute atomic E-state index is 11.3. The van der Waals surface area contributed by atoms with Crippen molar-refractivity contribution in [2.75, 3.05) is 0 Å². The number of phenolic OH excluding ortho intramolecular Hbond substituents is 8. The van der Waals surface area contributed by atoms with Gasteiger partial charge in [-0.25, -0.2) is 33.6 Å². The summed E-state index contributed by atoms with van der Waals surface area (Å²) in [5.41, 5.74) is 10.4. The van der Waals surface area contributed by atoms with E-state index in [9.17, 15) is 59.1 Å². The number of ether oxygens (including phenoxy) is 6. The Hall–Kier alpha value is -18.1. The Morgan fingerprint density at radius 2 is 0.701 bits per heavy atom. The number of rotatable bonds is 15. The van der Waals surface area contributed by atoms with Crippen LogP contribution in [0.3, 0.4) is 0 Å². The van der Waals surface area contributed by atoms with Crippen molar-refractivity contribution in [1.82, 2.24) is 0 Å². The molecule has 0 bridgehead atoms. The topological polar surface area (TPSA) is 337 Å². The van der Waals surface area contributed by atoms with Gasteiger partial charge in [-0.3, -0.25) is 0 Å². The monoisotopic (exact) mass is 1790 g/mol. The summed E-state index contributed by atoms with van der Waals surface area (Å²) < 4.78 is 29.5. The first-order valence-electron chi connectivity index (χ1n) is 41.0. The van der Waals surface area contributed by atoms with Gasteiger partial charge in [-0.15, -0.1) is 0 Å². The molecular weight excluding hydrogens is 1690 g/mol. The van der Waals surface area contributed by atoms with Crippen LogP contribution in [0.25, 0.3) is 90.3 Å². The van der Waals surface area contributed by atoms with Crippen molar-refractivity contribution in [3.05, 3.63) is 440 Å². The SMILES string of the molecule is C=C(C)C(=O)OCc1ccc(O)c2ccccc12.C=C(C)C(=O)Oc1ccc2cc(O)ccc2c1.C=C(C)C(=O)Oc1ccc2ccc(O)cc2c1.C=C(C)C(=O)Oc1cccc(O)c1.C=Cc1ccc(O)cc1.C=Cc1ccc2c(c1)C(=O)OC2.C=Cc1ccc2c(c1)C(=O)OC2=O.C=Cc1ccc2cc(O)ccc2c1.C=Cc1cccc(O)c1.C=Cc1cccc2c(O)cccc12. The van der Waals surface area contributed by atoms with Gasteiger partial charge in [0.05, 0.1) is 16.7 Å². The molecule has 0 aliphatic carbocycles. The van der Waals surface area contributed by atoms with Gasteiger partial charge in [-0.2, -0.15) is 0 Å². The first-order valence-corrected chi connectivity index (χ1v) is 41.0. The van der Waals surface area contributed by atoms with Crippen LogP contribution in [-0.2, 0) is 46.6 Å². The fourth-order valence-electron chi connectivity index (χ4n) is 12.0. The van der Waals surface area contributed by atoms with E-state index in [1.165, 1.54) is 12.1 Å². The summed E-state index contributed by atoms with van der Waals surface area (Å²) in [4.78, 5) is 78.2. The van der Waals surface area contributed by atoms with Crippen molar-refractivity contribution >= 4 is 132 Å². The van der Waals surface area contributed by atoms with Gasteiger partial charge in [0.2, 0.25) is 0 Å². The molecule has 21 heteroatoms. The molecule has 134 heavy (non-hydrogen) atoms. The Kier molecular flexibility index (Phi) is 37.7. The minimum atomic E-state index is -0.580. The van der Waals surface area contributed by atoms with E-state index in [1.54, 1.807) is 222 Å². The number of cyclic esters (lactones) is 3. The lowest BCUT2D eigenvalue weighted by molar-refractivity contribution is -0.140. The van der Waals surface area contributed by atoms with Crippen LogP contribution < -0.4 is 14.2 Å². The zero-order valence-corrected chi connectivity index (χ0v) is 74.0. The maximum Gasteiger partial charge on any atom is 0.346 e. The van der Waals surface area contributed by atoms with Gasteiger partial charge in [-0.05, 0) is 243 Å².